The first-order chi connectivity index (χ1) is 9.15. The summed E-state index contributed by atoms with van der Waals surface area (Å²) in [5, 5.41) is 2.07. The van der Waals surface area contributed by atoms with E-state index in [1.807, 2.05) is 0 Å². The molecule has 2 N–H and O–H groups in total. The summed E-state index contributed by atoms with van der Waals surface area (Å²) >= 11 is 1.72. The molecule has 0 saturated carbocycles. The fourth-order valence-corrected chi connectivity index (χ4v) is 3.17. The van der Waals surface area contributed by atoms with E-state index in [2.05, 4.69) is 18.4 Å². The molecule has 102 valence electrons. The maximum absolute atomic E-state index is 13.4. The van der Waals surface area contributed by atoms with E-state index in [4.69, 9.17) is 10.5 Å². The van der Waals surface area contributed by atoms with Gasteiger partial charge >= 0.3 is 0 Å². The molecule has 0 aliphatic heterocycles. The van der Waals surface area contributed by atoms with Gasteiger partial charge in [0.2, 0.25) is 0 Å². The third-order valence-corrected chi connectivity index (χ3v) is 4.36. The van der Waals surface area contributed by atoms with E-state index in [0.29, 0.717) is 12.3 Å². The van der Waals surface area contributed by atoms with Crippen molar-refractivity contribution in [3.63, 3.8) is 0 Å². The van der Waals surface area contributed by atoms with Gasteiger partial charge in [0, 0.05) is 16.4 Å². The van der Waals surface area contributed by atoms with Crippen LogP contribution in [0.4, 0.5) is 4.39 Å². The maximum atomic E-state index is 13.4. The van der Waals surface area contributed by atoms with Crippen LogP contribution in [-0.2, 0) is 6.42 Å². The molecule has 2 rings (SSSR count). The number of methoxy groups -OCH3 is 1. The van der Waals surface area contributed by atoms with Gasteiger partial charge in [-0.1, -0.05) is 0 Å². The quantitative estimate of drug-likeness (QED) is 0.909. The third kappa shape index (κ3) is 3.14. The van der Waals surface area contributed by atoms with Gasteiger partial charge in [0.1, 0.15) is 11.6 Å². The highest BCUT2D eigenvalue weighted by Crippen LogP contribution is 2.31. The maximum Gasteiger partial charge on any atom is 0.123 e. The number of halogens is 1. The minimum atomic E-state index is -0.253. The van der Waals surface area contributed by atoms with Crippen molar-refractivity contribution in [2.24, 2.45) is 5.73 Å². The lowest BCUT2D eigenvalue weighted by molar-refractivity contribution is 0.403. The molecule has 1 atom stereocenters. The summed E-state index contributed by atoms with van der Waals surface area (Å²) in [7, 11) is 1.60. The summed E-state index contributed by atoms with van der Waals surface area (Å²) in [5.74, 6) is 0.520. The third-order valence-electron chi connectivity index (χ3n) is 3.32. The zero-order valence-corrected chi connectivity index (χ0v) is 12.0. The van der Waals surface area contributed by atoms with Gasteiger partial charge in [-0.15, -0.1) is 11.3 Å². The first kappa shape index (κ1) is 14.0. The molecule has 0 saturated heterocycles. The Morgan fingerprint density at radius 3 is 2.74 bits per heavy atom. The standard InChI is InChI=1S/C15H18FNOS/c1-10-5-6-19-15(10)7-11(9-17)13-8-12(16)3-4-14(13)18-2/h3-6,8,11H,7,9,17H2,1-2H3. The van der Waals surface area contributed by atoms with Crippen molar-refractivity contribution in [3.8, 4) is 5.75 Å². The number of hydrogen-bond donors (Lipinski definition) is 1. The van der Waals surface area contributed by atoms with E-state index in [0.717, 1.165) is 12.0 Å². The Labute approximate surface area is 117 Å². The SMILES string of the molecule is COc1ccc(F)cc1C(CN)Cc1sccc1C. The predicted molar refractivity (Wildman–Crippen MR) is 77.5 cm³/mol. The largest absolute Gasteiger partial charge is 0.496 e. The minimum Gasteiger partial charge on any atom is -0.496 e. The molecule has 2 aromatic rings. The molecule has 0 aliphatic rings. The Morgan fingerprint density at radius 2 is 2.16 bits per heavy atom. The first-order valence-electron chi connectivity index (χ1n) is 6.22. The van der Waals surface area contributed by atoms with Crippen molar-refractivity contribution in [1.82, 2.24) is 0 Å². The van der Waals surface area contributed by atoms with Crippen molar-refractivity contribution in [2.75, 3.05) is 13.7 Å². The second kappa shape index (κ2) is 6.17. The summed E-state index contributed by atoms with van der Waals surface area (Å²) in [5.41, 5.74) is 7.98. The molecule has 1 unspecified atom stereocenters. The summed E-state index contributed by atoms with van der Waals surface area (Å²) in [6, 6.07) is 6.69. The molecule has 0 fully saturated rings. The van der Waals surface area contributed by atoms with Crippen LogP contribution >= 0.6 is 11.3 Å². The molecule has 4 heteroatoms. The lowest BCUT2D eigenvalue weighted by Gasteiger charge is -2.18. The number of nitrogens with two attached hydrogens (primary N) is 1. The molecule has 1 aromatic carbocycles. The highest BCUT2D eigenvalue weighted by molar-refractivity contribution is 7.10. The number of hydrogen-bond acceptors (Lipinski definition) is 3. The van der Waals surface area contributed by atoms with Gasteiger partial charge in [0.05, 0.1) is 7.11 Å². The molecule has 0 amide bonds. The minimum absolute atomic E-state index is 0.0722. The number of ether oxygens (including phenoxy) is 1. The van der Waals surface area contributed by atoms with Crippen LogP contribution in [0.1, 0.15) is 21.9 Å². The van der Waals surface area contributed by atoms with Gasteiger partial charge in [-0.25, -0.2) is 4.39 Å². The van der Waals surface area contributed by atoms with Crippen LogP contribution in [0.2, 0.25) is 0 Å². The van der Waals surface area contributed by atoms with Crippen LogP contribution in [0.25, 0.3) is 0 Å². The zero-order chi connectivity index (χ0) is 13.8. The molecule has 2 nitrogen and oxygen atoms in total. The lowest BCUT2D eigenvalue weighted by atomic mass is 9.93. The Kier molecular flexibility index (Phi) is 4.56. The van der Waals surface area contributed by atoms with Crippen molar-refractivity contribution in [2.45, 2.75) is 19.3 Å². The van der Waals surface area contributed by atoms with E-state index in [1.165, 1.54) is 22.6 Å². The number of benzene rings is 1. The normalized spacial score (nSPS) is 12.4. The molecule has 0 aliphatic carbocycles. The first-order valence-corrected chi connectivity index (χ1v) is 7.10. The van der Waals surface area contributed by atoms with Crippen LogP contribution < -0.4 is 10.5 Å². The molecule has 19 heavy (non-hydrogen) atoms. The van der Waals surface area contributed by atoms with Crippen LogP contribution in [-0.4, -0.2) is 13.7 Å². The highest BCUT2D eigenvalue weighted by atomic mass is 32.1. The topological polar surface area (TPSA) is 35.2 Å². The van der Waals surface area contributed by atoms with Crippen LogP contribution in [0, 0.1) is 12.7 Å². The second-order valence-corrected chi connectivity index (χ2v) is 5.55. The van der Waals surface area contributed by atoms with E-state index in [-0.39, 0.29) is 11.7 Å². The Balaban J connectivity index is 2.31. The summed E-state index contributed by atoms with van der Waals surface area (Å²) in [6.07, 6.45) is 0.819. The summed E-state index contributed by atoms with van der Waals surface area (Å²) in [4.78, 5) is 1.29. The summed E-state index contributed by atoms with van der Waals surface area (Å²) in [6.45, 7) is 2.55. The molecular formula is C15H18FNOS. The van der Waals surface area contributed by atoms with Crippen LogP contribution in [0.5, 0.6) is 5.75 Å². The zero-order valence-electron chi connectivity index (χ0n) is 11.2. The van der Waals surface area contributed by atoms with Gasteiger partial charge in [0.15, 0.2) is 0 Å². The van der Waals surface area contributed by atoms with Crippen LogP contribution in [0.15, 0.2) is 29.6 Å². The van der Waals surface area contributed by atoms with Crippen molar-refractivity contribution in [3.05, 3.63) is 51.5 Å². The van der Waals surface area contributed by atoms with E-state index >= 15 is 0 Å². The fraction of sp³-hybridized carbons (Fsp3) is 0.333. The van der Waals surface area contributed by atoms with Gasteiger partial charge in [-0.05, 0) is 55.1 Å². The van der Waals surface area contributed by atoms with Crippen molar-refractivity contribution >= 4 is 11.3 Å². The number of thiophene rings is 1. The average Bonchev–Trinajstić information content (AvgIpc) is 2.81. The van der Waals surface area contributed by atoms with Gasteiger partial charge in [-0.3, -0.25) is 0 Å². The number of aryl methyl sites for hydroxylation is 1. The Hall–Kier alpha value is -1.39. The fourth-order valence-electron chi connectivity index (χ4n) is 2.18. The van der Waals surface area contributed by atoms with Gasteiger partial charge < -0.3 is 10.5 Å². The monoisotopic (exact) mass is 279 g/mol. The Morgan fingerprint density at radius 1 is 1.37 bits per heavy atom. The van der Waals surface area contributed by atoms with E-state index in [1.54, 1.807) is 24.5 Å². The molecular weight excluding hydrogens is 261 g/mol. The van der Waals surface area contributed by atoms with Gasteiger partial charge in [0.25, 0.3) is 0 Å². The van der Waals surface area contributed by atoms with Crippen LogP contribution in [0.3, 0.4) is 0 Å². The molecule has 0 radical (unpaired) electrons. The van der Waals surface area contributed by atoms with Crippen molar-refractivity contribution < 1.29 is 9.13 Å². The Bertz CT molecular complexity index is 553. The van der Waals surface area contributed by atoms with Gasteiger partial charge in [-0.2, -0.15) is 0 Å². The smallest absolute Gasteiger partial charge is 0.123 e. The molecule has 1 aromatic heterocycles. The van der Waals surface area contributed by atoms with E-state index in [9.17, 15) is 4.39 Å². The lowest BCUT2D eigenvalue weighted by Crippen LogP contribution is -2.16. The second-order valence-electron chi connectivity index (χ2n) is 4.55. The highest BCUT2D eigenvalue weighted by Gasteiger charge is 2.17. The van der Waals surface area contributed by atoms with Crippen molar-refractivity contribution in [1.29, 1.82) is 0 Å². The van der Waals surface area contributed by atoms with E-state index < -0.39 is 0 Å². The molecule has 0 spiro atoms. The number of rotatable bonds is 5. The molecule has 1 heterocycles. The average molecular weight is 279 g/mol. The predicted octanol–water partition coefficient (Wildman–Crippen LogP) is 3.49. The molecule has 0 bridgehead atoms. The summed E-state index contributed by atoms with van der Waals surface area (Å²) < 4.78 is 18.8.